The first kappa shape index (κ1) is 66.4. The van der Waals surface area contributed by atoms with E-state index in [2.05, 4.69) is 377 Å². The van der Waals surface area contributed by atoms with Crippen molar-refractivity contribution in [3.8, 4) is 72.4 Å². The van der Waals surface area contributed by atoms with Crippen molar-refractivity contribution in [1.29, 1.82) is 0 Å². The third-order valence-electron chi connectivity index (χ3n) is 24.5. The van der Waals surface area contributed by atoms with Gasteiger partial charge >= 0.3 is 0 Å². The molecule has 0 radical (unpaired) electrons. The highest BCUT2D eigenvalue weighted by Gasteiger charge is 2.44. The summed E-state index contributed by atoms with van der Waals surface area (Å²) in [6.07, 6.45) is 12.1. The molecule has 3 aliphatic rings. The highest BCUT2D eigenvalue weighted by atomic mass is 15.1. The number of anilines is 3. The Hall–Kier alpha value is -11.6. The predicted molar refractivity (Wildman–Crippen MR) is 449 cm³/mol. The SMILES string of the molecule is C=CCCCCC1(c2ccccc2)c2ccccc2-c2ccc(-c3ccc(C(CC)CC(CC(C)c4ccc(-c5ccc6c(c5)c5cc(-c7ccc(N(c8ccc(-c9ccccc9)cc8)c8ccc9c(c8)C(C)(C)c8ccccc8-9)cc7)ccc5n6-c5ccccc5)cc4)c4ccc5c(c4)CC5)cc3)cc21. The van der Waals surface area contributed by atoms with E-state index in [1.165, 1.54) is 151 Å². The minimum atomic E-state index is -0.211. The van der Waals surface area contributed by atoms with Gasteiger partial charge in [-0.25, -0.2) is 0 Å². The molecule has 0 bridgehead atoms. The third-order valence-corrected chi connectivity index (χ3v) is 24.5. The maximum atomic E-state index is 4.06. The molecule has 4 unspecified atom stereocenters. The van der Waals surface area contributed by atoms with Crippen LogP contribution in [0, 0.1) is 0 Å². The van der Waals surface area contributed by atoms with Gasteiger partial charge in [0.25, 0.3) is 0 Å². The Bertz CT molecular complexity index is 5740. The van der Waals surface area contributed by atoms with Crippen LogP contribution in [-0.2, 0) is 23.7 Å². The van der Waals surface area contributed by atoms with E-state index in [4.69, 9.17) is 0 Å². The summed E-state index contributed by atoms with van der Waals surface area (Å²) in [6, 6.07) is 125. The lowest BCUT2D eigenvalue weighted by molar-refractivity contribution is 0.467. The zero-order valence-corrected chi connectivity index (χ0v) is 61.5. The topological polar surface area (TPSA) is 8.17 Å². The van der Waals surface area contributed by atoms with Gasteiger partial charge in [-0.05, 0) is 270 Å². The number of unbranched alkanes of at least 4 members (excludes halogenated alkanes) is 2. The highest BCUT2D eigenvalue weighted by Crippen LogP contribution is 2.57. The van der Waals surface area contributed by atoms with Gasteiger partial charge in [-0.1, -0.05) is 289 Å². The van der Waals surface area contributed by atoms with Gasteiger partial charge in [0, 0.05) is 44.4 Å². The van der Waals surface area contributed by atoms with Crippen LogP contribution in [0.3, 0.4) is 0 Å². The van der Waals surface area contributed by atoms with Crippen molar-refractivity contribution in [1.82, 2.24) is 4.57 Å². The Morgan fingerprint density at radius 3 is 1.48 bits per heavy atom. The second kappa shape index (κ2) is 27.8. The Morgan fingerprint density at radius 1 is 0.387 bits per heavy atom. The first-order valence-corrected chi connectivity index (χ1v) is 38.8. The Kier molecular flexibility index (Phi) is 17.4. The molecule has 0 amide bonds. The van der Waals surface area contributed by atoms with Crippen molar-refractivity contribution >= 4 is 38.9 Å². The van der Waals surface area contributed by atoms with Crippen LogP contribution in [0.25, 0.3) is 94.3 Å². The number of aromatic nitrogens is 1. The molecule has 2 nitrogen and oxygen atoms in total. The number of nitrogens with zero attached hydrogens (tertiary/aromatic N) is 2. The lowest BCUT2D eigenvalue weighted by atomic mass is 9.69. The molecule has 0 saturated heterocycles. The number of rotatable bonds is 22. The maximum absolute atomic E-state index is 4.06. The number of fused-ring (bicyclic) bond motifs is 10. The van der Waals surface area contributed by atoms with E-state index >= 15 is 0 Å². The summed E-state index contributed by atoms with van der Waals surface area (Å²) in [5.41, 5.74) is 36.1. The van der Waals surface area contributed by atoms with E-state index in [9.17, 15) is 0 Å². The van der Waals surface area contributed by atoms with Crippen LogP contribution in [-0.4, -0.2) is 4.57 Å². The van der Waals surface area contributed by atoms with Crippen LogP contribution < -0.4 is 4.90 Å². The van der Waals surface area contributed by atoms with Crippen molar-refractivity contribution < 1.29 is 0 Å². The molecule has 0 aliphatic heterocycles. The van der Waals surface area contributed by atoms with Gasteiger partial charge in [0.2, 0.25) is 0 Å². The van der Waals surface area contributed by atoms with Crippen molar-refractivity contribution in [3.63, 3.8) is 0 Å². The molecule has 0 fully saturated rings. The zero-order chi connectivity index (χ0) is 71.5. The number of allylic oxidation sites excluding steroid dienone is 1. The van der Waals surface area contributed by atoms with E-state index in [-0.39, 0.29) is 10.8 Å². The number of para-hydroxylation sites is 1. The first-order chi connectivity index (χ1) is 52.1. The van der Waals surface area contributed by atoms with Crippen molar-refractivity contribution in [2.45, 2.75) is 114 Å². The molecule has 4 atom stereocenters. The quantitative estimate of drug-likeness (QED) is 0.0485. The average Bonchev–Trinajstić information content (AvgIpc) is 1.56. The van der Waals surface area contributed by atoms with Gasteiger partial charge in [0.05, 0.1) is 11.0 Å². The predicted octanol–water partition coefficient (Wildman–Crippen LogP) is 28.2. The van der Waals surface area contributed by atoms with Crippen LogP contribution in [0.2, 0.25) is 0 Å². The van der Waals surface area contributed by atoms with E-state index in [0.29, 0.717) is 17.8 Å². The number of benzene rings is 14. The highest BCUT2D eigenvalue weighted by molar-refractivity contribution is 6.12. The van der Waals surface area contributed by atoms with Gasteiger partial charge in [-0.2, -0.15) is 0 Å². The summed E-state index contributed by atoms with van der Waals surface area (Å²) in [6.45, 7) is 13.7. The molecule has 18 rings (SSSR count). The molecule has 3 aliphatic carbocycles. The monoisotopic (exact) mass is 1370 g/mol. The summed E-state index contributed by atoms with van der Waals surface area (Å²) in [7, 11) is 0. The van der Waals surface area contributed by atoms with E-state index in [1.54, 1.807) is 5.56 Å². The summed E-state index contributed by atoms with van der Waals surface area (Å²) < 4.78 is 2.44. The van der Waals surface area contributed by atoms with Crippen molar-refractivity contribution in [2.75, 3.05) is 4.90 Å². The smallest absolute Gasteiger partial charge is 0.0541 e. The van der Waals surface area contributed by atoms with Crippen LogP contribution in [0.5, 0.6) is 0 Å². The van der Waals surface area contributed by atoms with E-state index < -0.39 is 0 Å². The van der Waals surface area contributed by atoms with E-state index in [0.717, 1.165) is 67.7 Å². The van der Waals surface area contributed by atoms with Crippen molar-refractivity contribution in [3.05, 3.63) is 396 Å². The standard InChI is InChI=1S/C104H90N2/c1-6-8-9-23-62-104(86-26-15-11-16-27-86)98-33-22-20-31-92(98)94-58-50-84(68-100(94)104)78-40-38-74(39-41-78)71(7-2)64-85(81-45-43-76-42-44-80(76)65-81)63-70(3)72-34-36-77(37-35-72)82-51-60-101-95(66-82)96-67-83(52-61-102(96)106(101)87-28-17-12-18-29-87)79-48-55-89(56-49-79)105(88-53-46-75(47-54-88)73-24-13-10-14-25-73)90-57-59-93-91-30-19-21-32-97(91)103(4,5)99(93)69-90/h6,10-22,24-41,43,45-61,65-71,85H,1,7-9,23,42,44,62-64H2,2-5H3. The zero-order valence-electron chi connectivity index (χ0n) is 61.5. The minimum absolute atomic E-state index is 0.128. The summed E-state index contributed by atoms with van der Waals surface area (Å²) >= 11 is 0. The molecule has 0 N–H and O–H groups in total. The number of hydrogen-bond acceptors (Lipinski definition) is 1. The average molecular weight is 1370 g/mol. The fraction of sp³-hybridized carbons (Fsp3) is 0.173. The Balaban J connectivity index is 0.624. The fourth-order valence-electron chi connectivity index (χ4n) is 18.7. The normalized spacial score (nSPS) is 15.2. The number of hydrogen-bond donors (Lipinski definition) is 0. The largest absolute Gasteiger partial charge is 0.310 e. The molecule has 0 spiro atoms. The van der Waals surface area contributed by atoms with Crippen LogP contribution in [0.4, 0.5) is 17.1 Å². The van der Waals surface area contributed by atoms with Crippen LogP contribution in [0.1, 0.15) is 146 Å². The second-order valence-electron chi connectivity index (χ2n) is 30.9. The molecule has 0 saturated carbocycles. The summed E-state index contributed by atoms with van der Waals surface area (Å²) in [5, 5.41) is 2.48. The van der Waals surface area contributed by atoms with Gasteiger partial charge < -0.3 is 9.47 Å². The third kappa shape index (κ3) is 11.8. The van der Waals surface area contributed by atoms with Gasteiger partial charge in [0.15, 0.2) is 0 Å². The number of aryl methyl sites for hydroxylation is 2. The van der Waals surface area contributed by atoms with Gasteiger partial charge in [-0.15, -0.1) is 6.58 Å². The van der Waals surface area contributed by atoms with E-state index in [1.807, 2.05) is 0 Å². The maximum Gasteiger partial charge on any atom is 0.0541 e. The fourth-order valence-corrected chi connectivity index (χ4v) is 18.7. The molecule has 14 aromatic carbocycles. The molecule has 106 heavy (non-hydrogen) atoms. The van der Waals surface area contributed by atoms with Crippen molar-refractivity contribution in [2.24, 2.45) is 0 Å². The first-order valence-electron chi connectivity index (χ1n) is 38.8. The van der Waals surface area contributed by atoms with Crippen LogP contribution >= 0.6 is 0 Å². The van der Waals surface area contributed by atoms with Gasteiger partial charge in [-0.3, -0.25) is 0 Å². The van der Waals surface area contributed by atoms with Crippen LogP contribution in [0.15, 0.2) is 340 Å². The molecule has 1 heterocycles. The molecular formula is C104H90N2. The van der Waals surface area contributed by atoms with Gasteiger partial charge in [0.1, 0.15) is 0 Å². The molecule has 2 heteroatoms. The molecule has 15 aromatic rings. The summed E-state index contributed by atoms with van der Waals surface area (Å²) in [4.78, 5) is 2.43. The second-order valence-corrected chi connectivity index (χ2v) is 30.9. The Labute approximate surface area is 626 Å². The Morgan fingerprint density at radius 2 is 0.868 bits per heavy atom. The minimum Gasteiger partial charge on any atom is -0.310 e. The lowest BCUT2D eigenvalue weighted by Gasteiger charge is -2.33. The lowest BCUT2D eigenvalue weighted by Crippen LogP contribution is -2.27. The molecular weight excluding hydrogens is 1280 g/mol. The molecule has 516 valence electrons. The summed E-state index contributed by atoms with van der Waals surface area (Å²) in [5.74, 6) is 1.20. The molecule has 1 aromatic heterocycles.